The van der Waals surface area contributed by atoms with Gasteiger partial charge in [0.15, 0.2) is 0 Å². The Hall–Kier alpha value is -2.34. The number of amides is 3. The van der Waals surface area contributed by atoms with Crippen molar-refractivity contribution in [2.45, 2.75) is 18.9 Å². The van der Waals surface area contributed by atoms with Crippen molar-refractivity contribution in [3.05, 3.63) is 70.2 Å². The third-order valence-corrected chi connectivity index (χ3v) is 4.09. The molecule has 0 saturated heterocycles. The molecule has 0 unspecified atom stereocenters. The predicted octanol–water partition coefficient (Wildman–Crippen LogP) is 2.91. The molecule has 5 nitrogen and oxygen atoms in total. The molecule has 0 aliphatic rings. The Balaban J connectivity index is 1.89. The third kappa shape index (κ3) is 6.04. The number of carbonyl (C=O) groups is 2. The molecule has 1 atom stereocenters. The van der Waals surface area contributed by atoms with Gasteiger partial charge < -0.3 is 16.4 Å². The maximum Gasteiger partial charge on any atom is 0.312 e. The van der Waals surface area contributed by atoms with E-state index in [1.54, 1.807) is 0 Å². The molecular weight excluding hydrogens is 370 g/mol. The number of nitrogens with two attached hydrogens (primary N) is 1. The van der Waals surface area contributed by atoms with Crippen LogP contribution in [0.5, 0.6) is 0 Å². The largest absolute Gasteiger partial charge is 0.356 e. The second kappa shape index (κ2) is 9.08. The summed E-state index contributed by atoms with van der Waals surface area (Å²) < 4.78 is 0.927. The Bertz CT molecular complexity index is 674. The van der Waals surface area contributed by atoms with E-state index in [1.165, 1.54) is 0 Å². The van der Waals surface area contributed by atoms with Crippen molar-refractivity contribution in [2.75, 3.05) is 6.54 Å². The zero-order chi connectivity index (χ0) is 17.4. The summed E-state index contributed by atoms with van der Waals surface area (Å²) in [6, 6.07) is 16.2. The highest BCUT2D eigenvalue weighted by molar-refractivity contribution is 9.10. The van der Waals surface area contributed by atoms with Gasteiger partial charge in [0.1, 0.15) is 0 Å². The lowest BCUT2D eigenvalue weighted by Gasteiger charge is -2.18. The van der Waals surface area contributed by atoms with Crippen molar-refractivity contribution in [3.8, 4) is 0 Å². The topological polar surface area (TPSA) is 84.2 Å². The van der Waals surface area contributed by atoms with Crippen LogP contribution in [0.25, 0.3) is 0 Å². The first kappa shape index (κ1) is 18.0. The maximum absolute atomic E-state index is 12.2. The summed E-state index contributed by atoms with van der Waals surface area (Å²) in [5.41, 5.74) is 7.21. The number of rotatable bonds is 7. The Kier molecular flexibility index (Phi) is 6.81. The number of hydrogen-bond acceptors (Lipinski definition) is 2. The van der Waals surface area contributed by atoms with Crippen LogP contribution in [0.2, 0.25) is 0 Å². The first-order valence-electron chi connectivity index (χ1n) is 7.66. The minimum absolute atomic E-state index is 0.132. The first-order chi connectivity index (χ1) is 11.5. The monoisotopic (exact) mass is 389 g/mol. The van der Waals surface area contributed by atoms with Crippen molar-refractivity contribution in [1.29, 1.82) is 0 Å². The van der Waals surface area contributed by atoms with E-state index < -0.39 is 12.1 Å². The van der Waals surface area contributed by atoms with E-state index >= 15 is 0 Å². The lowest BCUT2D eigenvalue weighted by Crippen LogP contribution is -2.37. The minimum atomic E-state index is -0.653. The van der Waals surface area contributed by atoms with Gasteiger partial charge in [0.25, 0.3) is 0 Å². The van der Waals surface area contributed by atoms with Crippen molar-refractivity contribution in [2.24, 2.45) is 5.73 Å². The molecule has 3 amide bonds. The zero-order valence-corrected chi connectivity index (χ0v) is 14.8. The Morgan fingerprint density at radius 3 is 2.33 bits per heavy atom. The van der Waals surface area contributed by atoms with Crippen LogP contribution in [-0.4, -0.2) is 18.5 Å². The minimum Gasteiger partial charge on any atom is -0.356 e. The number of benzene rings is 2. The standard InChI is InChI=1S/C18H20BrN3O2/c19-15-8-6-14(7-9-15)16(22-18(20)24)12-17(23)21-11-10-13-4-2-1-3-5-13/h1-9,16H,10-12H2,(H,21,23)(H3,20,22,24)/t16-/m0/s1. The van der Waals surface area contributed by atoms with Crippen LogP contribution in [0.15, 0.2) is 59.1 Å². The van der Waals surface area contributed by atoms with Gasteiger partial charge in [-0.2, -0.15) is 0 Å². The summed E-state index contributed by atoms with van der Waals surface area (Å²) in [6.45, 7) is 0.548. The highest BCUT2D eigenvalue weighted by atomic mass is 79.9. The summed E-state index contributed by atoms with van der Waals surface area (Å²) in [7, 11) is 0. The molecule has 126 valence electrons. The van der Waals surface area contributed by atoms with Crippen molar-refractivity contribution < 1.29 is 9.59 Å². The highest BCUT2D eigenvalue weighted by Gasteiger charge is 2.17. The molecule has 0 spiro atoms. The SMILES string of the molecule is NC(=O)N[C@@H](CC(=O)NCCc1ccccc1)c1ccc(Br)cc1. The first-order valence-corrected chi connectivity index (χ1v) is 8.46. The summed E-state index contributed by atoms with van der Waals surface area (Å²) in [6.07, 6.45) is 0.901. The van der Waals surface area contributed by atoms with Crippen LogP contribution in [0, 0.1) is 0 Å². The van der Waals surface area contributed by atoms with Gasteiger partial charge in [-0.1, -0.05) is 58.4 Å². The maximum atomic E-state index is 12.2. The average Bonchev–Trinajstić information content (AvgIpc) is 2.55. The lowest BCUT2D eigenvalue weighted by molar-refractivity contribution is -0.121. The van der Waals surface area contributed by atoms with Gasteiger partial charge >= 0.3 is 6.03 Å². The van der Waals surface area contributed by atoms with E-state index in [-0.39, 0.29) is 12.3 Å². The molecule has 2 aromatic carbocycles. The summed E-state index contributed by atoms with van der Waals surface area (Å²) in [5, 5.41) is 5.49. The van der Waals surface area contributed by atoms with Crippen LogP contribution in [0.3, 0.4) is 0 Å². The highest BCUT2D eigenvalue weighted by Crippen LogP contribution is 2.19. The summed E-state index contributed by atoms with van der Waals surface area (Å²) >= 11 is 3.36. The number of halogens is 1. The quantitative estimate of drug-likeness (QED) is 0.679. The molecule has 6 heteroatoms. The molecule has 0 fully saturated rings. The number of nitrogens with one attached hydrogen (secondary N) is 2. The van der Waals surface area contributed by atoms with E-state index in [2.05, 4.69) is 26.6 Å². The molecule has 0 bridgehead atoms. The Labute approximate surface area is 149 Å². The second-order valence-corrected chi connectivity index (χ2v) is 6.32. The molecule has 2 aromatic rings. The van der Waals surface area contributed by atoms with Gasteiger partial charge in [-0.3, -0.25) is 4.79 Å². The van der Waals surface area contributed by atoms with Gasteiger partial charge in [-0.15, -0.1) is 0 Å². The fraction of sp³-hybridized carbons (Fsp3) is 0.222. The van der Waals surface area contributed by atoms with Crippen molar-refractivity contribution >= 4 is 27.9 Å². The molecule has 0 aliphatic heterocycles. The van der Waals surface area contributed by atoms with E-state index in [0.717, 1.165) is 22.0 Å². The van der Waals surface area contributed by atoms with Crippen molar-refractivity contribution in [1.82, 2.24) is 10.6 Å². The second-order valence-electron chi connectivity index (χ2n) is 5.40. The van der Waals surface area contributed by atoms with Gasteiger partial charge in [0, 0.05) is 11.0 Å². The molecular formula is C18H20BrN3O2. The summed E-state index contributed by atoms with van der Waals surface area (Å²) in [4.78, 5) is 23.4. The van der Waals surface area contributed by atoms with Crippen molar-refractivity contribution in [3.63, 3.8) is 0 Å². The fourth-order valence-corrected chi connectivity index (χ4v) is 2.63. The lowest BCUT2D eigenvalue weighted by atomic mass is 10.0. The van der Waals surface area contributed by atoms with Gasteiger partial charge in [0.05, 0.1) is 12.5 Å². The van der Waals surface area contributed by atoms with Crippen LogP contribution in [0.1, 0.15) is 23.6 Å². The Morgan fingerprint density at radius 1 is 1.04 bits per heavy atom. The fourth-order valence-electron chi connectivity index (χ4n) is 2.37. The third-order valence-electron chi connectivity index (χ3n) is 3.56. The molecule has 0 radical (unpaired) electrons. The van der Waals surface area contributed by atoms with Crippen LogP contribution >= 0.6 is 15.9 Å². The van der Waals surface area contributed by atoms with Crippen LogP contribution in [0.4, 0.5) is 4.79 Å². The zero-order valence-electron chi connectivity index (χ0n) is 13.2. The van der Waals surface area contributed by atoms with E-state index in [9.17, 15) is 9.59 Å². The molecule has 24 heavy (non-hydrogen) atoms. The molecule has 4 N–H and O–H groups in total. The normalized spacial score (nSPS) is 11.5. The smallest absolute Gasteiger partial charge is 0.312 e. The van der Waals surface area contributed by atoms with E-state index in [4.69, 9.17) is 5.73 Å². The summed E-state index contributed by atoms with van der Waals surface area (Å²) in [5.74, 6) is -0.132. The molecule has 0 heterocycles. The number of urea groups is 1. The van der Waals surface area contributed by atoms with E-state index in [1.807, 2.05) is 54.6 Å². The molecule has 0 saturated carbocycles. The number of carbonyl (C=O) groups excluding carboxylic acids is 2. The molecule has 0 aromatic heterocycles. The van der Waals surface area contributed by atoms with Crippen LogP contribution < -0.4 is 16.4 Å². The number of primary amides is 1. The Morgan fingerprint density at radius 2 is 1.71 bits per heavy atom. The number of hydrogen-bond donors (Lipinski definition) is 3. The predicted molar refractivity (Wildman–Crippen MR) is 97.4 cm³/mol. The van der Waals surface area contributed by atoms with Gasteiger partial charge in [-0.25, -0.2) is 4.79 Å². The molecule has 0 aliphatic carbocycles. The van der Waals surface area contributed by atoms with Crippen LogP contribution in [-0.2, 0) is 11.2 Å². The average molecular weight is 390 g/mol. The van der Waals surface area contributed by atoms with Gasteiger partial charge in [-0.05, 0) is 29.7 Å². The molecule has 2 rings (SSSR count). The van der Waals surface area contributed by atoms with Gasteiger partial charge in [0.2, 0.25) is 5.91 Å². The van der Waals surface area contributed by atoms with E-state index in [0.29, 0.717) is 6.54 Å².